The minimum absolute atomic E-state index is 0.0496. The fraction of sp³-hybridized carbons (Fsp3) is 0.200. The van der Waals surface area contributed by atoms with Crippen LogP contribution >= 0.6 is 0 Å². The third kappa shape index (κ3) is 1.31. The molecule has 2 aromatic rings. The van der Waals surface area contributed by atoms with Crippen LogP contribution in [0.5, 0.6) is 0 Å². The van der Waals surface area contributed by atoms with E-state index in [2.05, 4.69) is 48.5 Å². The molecular weight excluding hydrogens is 212 g/mol. The topological polar surface area (TPSA) is 18.5 Å². The van der Waals surface area contributed by atoms with E-state index in [1.807, 2.05) is 0 Å². The zero-order chi connectivity index (χ0) is 11.2. The number of hydrogen-bond acceptors (Lipinski definition) is 2. The van der Waals surface area contributed by atoms with E-state index in [4.69, 9.17) is 9.47 Å². The predicted octanol–water partition coefficient (Wildman–Crippen LogP) is 3.40. The summed E-state index contributed by atoms with van der Waals surface area (Å²) >= 11 is 0. The second-order valence-electron chi connectivity index (χ2n) is 4.57. The highest BCUT2D eigenvalue weighted by molar-refractivity contribution is 5.83. The van der Waals surface area contributed by atoms with Crippen molar-refractivity contribution < 1.29 is 9.47 Å². The molecule has 4 rings (SSSR count). The third-order valence-corrected chi connectivity index (χ3v) is 3.56. The highest BCUT2D eigenvalue weighted by Crippen LogP contribution is 2.45. The lowest BCUT2D eigenvalue weighted by Gasteiger charge is -2.38. The van der Waals surface area contributed by atoms with Gasteiger partial charge in [-0.25, -0.2) is 0 Å². The second-order valence-corrected chi connectivity index (χ2v) is 4.57. The normalized spacial score (nSPS) is 29.8. The molecule has 2 heteroatoms. The zero-order valence-corrected chi connectivity index (χ0v) is 9.24. The van der Waals surface area contributed by atoms with E-state index < -0.39 is 0 Å². The largest absolute Gasteiger partial charge is 0.472 e. The number of rotatable bonds is 1. The minimum atomic E-state index is -0.0496. The Labute approximate surface area is 99.5 Å². The zero-order valence-electron chi connectivity index (χ0n) is 9.24. The Bertz CT molecular complexity index is 603. The van der Waals surface area contributed by atoms with Crippen LogP contribution in [0.15, 0.2) is 54.8 Å². The Kier molecular flexibility index (Phi) is 1.82. The summed E-state index contributed by atoms with van der Waals surface area (Å²) in [6.45, 7) is 0. The molecule has 2 aliphatic heterocycles. The molecule has 0 N–H and O–H groups in total. The Hall–Kier alpha value is -1.80. The summed E-state index contributed by atoms with van der Waals surface area (Å²) in [6, 6.07) is 14.9. The van der Waals surface area contributed by atoms with Gasteiger partial charge < -0.3 is 9.47 Å². The van der Waals surface area contributed by atoms with Gasteiger partial charge in [0, 0.05) is 0 Å². The summed E-state index contributed by atoms with van der Waals surface area (Å²) in [5, 5.41) is 2.53. The Balaban J connectivity index is 1.74. The van der Waals surface area contributed by atoms with Crippen molar-refractivity contribution in [2.45, 2.75) is 12.4 Å². The monoisotopic (exact) mass is 224 g/mol. The van der Waals surface area contributed by atoms with Gasteiger partial charge in [-0.15, -0.1) is 0 Å². The molecular formula is C15H12O2. The molecule has 0 aromatic heterocycles. The van der Waals surface area contributed by atoms with Crippen molar-refractivity contribution in [2.24, 2.45) is 5.92 Å². The molecule has 1 saturated heterocycles. The molecule has 0 aliphatic carbocycles. The van der Waals surface area contributed by atoms with Gasteiger partial charge in [-0.05, 0) is 28.5 Å². The van der Waals surface area contributed by atoms with E-state index >= 15 is 0 Å². The predicted molar refractivity (Wildman–Crippen MR) is 65.3 cm³/mol. The van der Waals surface area contributed by atoms with Gasteiger partial charge in [-0.3, -0.25) is 0 Å². The first kappa shape index (κ1) is 9.25. The van der Waals surface area contributed by atoms with Gasteiger partial charge in [0.2, 0.25) is 6.29 Å². The van der Waals surface area contributed by atoms with Crippen LogP contribution < -0.4 is 0 Å². The molecule has 1 fully saturated rings. The van der Waals surface area contributed by atoms with Crippen molar-refractivity contribution >= 4 is 10.8 Å². The van der Waals surface area contributed by atoms with E-state index in [0.717, 1.165) is 0 Å². The van der Waals surface area contributed by atoms with E-state index in [1.165, 1.54) is 16.3 Å². The Morgan fingerprint density at radius 1 is 0.941 bits per heavy atom. The summed E-state index contributed by atoms with van der Waals surface area (Å²) in [6.07, 6.45) is 3.94. The highest BCUT2D eigenvalue weighted by Gasteiger charge is 2.45. The molecule has 3 atom stereocenters. The first-order valence-electron chi connectivity index (χ1n) is 5.88. The van der Waals surface area contributed by atoms with E-state index in [-0.39, 0.29) is 12.4 Å². The molecule has 0 radical (unpaired) electrons. The quantitative estimate of drug-likeness (QED) is 0.739. The van der Waals surface area contributed by atoms with E-state index in [0.29, 0.717) is 5.92 Å². The molecule has 0 amide bonds. The molecule has 2 aliphatic rings. The first-order valence-corrected chi connectivity index (χ1v) is 5.88. The number of benzene rings is 2. The van der Waals surface area contributed by atoms with Crippen LogP contribution in [0.1, 0.15) is 11.7 Å². The Morgan fingerprint density at radius 2 is 1.82 bits per heavy atom. The van der Waals surface area contributed by atoms with Crippen LogP contribution in [0, 0.1) is 5.92 Å². The van der Waals surface area contributed by atoms with Gasteiger partial charge in [0.15, 0.2) is 0 Å². The van der Waals surface area contributed by atoms with Crippen molar-refractivity contribution in [1.29, 1.82) is 0 Å². The van der Waals surface area contributed by atoms with Gasteiger partial charge in [0.25, 0.3) is 0 Å². The number of hydrogen-bond donors (Lipinski definition) is 0. The van der Waals surface area contributed by atoms with Crippen molar-refractivity contribution in [3.63, 3.8) is 0 Å². The van der Waals surface area contributed by atoms with Crippen molar-refractivity contribution in [1.82, 2.24) is 0 Å². The standard InChI is InChI=1S/C15H12O2/c1-2-4-11-9-12(6-5-10(11)3-1)14-13-7-8-16-15(13)17-14/h1-9,13-15H/t13-,14?,15+/m0/s1. The van der Waals surface area contributed by atoms with Gasteiger partial charge in [0.05, 0.1) is 18.3 Å². The van der Waals surface area contributed by atoms with Crippen LogP contribution in [0.2, 0.25) is 0 Å². The summed E-state index contributed by atoms with van der Waals surface area (Å²) < 4.78 is 11.0. The van der Waals surface area contributed by atoms with Crippen LogP contribution in [0.25, 0.3) is 10.8 Å². The molecule has 2 nitrogen and oxygen atoms in total. The first-order chi connectivity index (χ1) is 8.42. The molecule has 1 unspecified atom stereocenters. The maximum Gasteiger partial charge on any atom is 0.208 e. The highest BCUT2D eigenvalue weighted by atomic mass is 16.7. The van der Waals surface area contributed by atoms with Gasteiger partial charge in [-0.1, -0.05) is 36.4 Å². The molecule has 0 bridgehead atoms. The van der Waals surface area contributed by atoms with Crippen LogP contribution in [0.3, 0.4) is 0 Å². The minimum Gasteiger partial charge on any atom is -0.472 e. The van der Waals surface area contributed by atoms with E-state index in [1.54, 1.807) is 6.26 Å². The van der Waals surface area contributed by atoms with Gasteiger partial charge >= 0.3 is 0 Å². The maximum absolute atomic E-state index is 5.71. The smallest absolute Gasteiger partial charge is 0.208 e. The fourth-order valence-electron chi connectivity index (χ4n) is 2.59. The lowest BCUT2D eigenvalue weighted by Crippen LogP contribution is -2.39. The molecule has 0 saturated carbocycles. The van der Waals surface area contributed by atoms with Crippen molar-refractivity contribution in [3.05, 3.63) is 60.4 Å². The van der Waals surface area contributed by atoms with Gasteiger partial charge in [0.1, 0.15) is 0 Å². The average molecular weight is 224 g/mol. The lowest BCUT2D eigenvalue weighted by molar-refractivity contribution is -0.257. The fourth-order valence-corrected chi connectivity index (χ4v) is 2.59. The summed E-state index contributed by atoms with van der Waals surface area (Å²) in [7, 11) is 0. The molecule has 2 heterocycles. The Morgan fingerprint density at radius 3 is 2.71 bits per heavy atom. The molecule has 17 heavy (non-hydrogen) atoms. The number of fused-ring (bicyclic) bond motifs is 2. The van der Waals surface area contributed by atoms with Crippen LogP contribution in [0.4, 0.5) is 0 Å². The molecule has 0 spiro atoms. The summed E-state index contributed by atoms with van der Waals surface area (Å²) in [4.78, 5) is 0. The van der Waals surface area contributed by atoms with Crippen molar-refractivity contribution in [2.75, 3.05) is 0 Å². The van der Waals surface area contributed by atoms with Crippen LogP contribution in [-0.2, 0) is 9.47 Å². The molecule has 2 aromatic carbocycles. The average Bonchev–Trinajstić information content (AvgIpc) is 2.71. The lowest BCUT2D eigenvalue weighted by atomic mass is 9.90. The second kappa shape index (κ2) is 3.34. The van der Waals surface area contributed by atoms with Gasteiger partial charge in [-0.2, -0.15) is 0 Å². The summed E-state index contributed by atoms with van der Waals surface area (Å²) in [5.41, 5.74) is 1.24. The molecule has 84 valence electrons. The third-order valence-electron chi connectivity index (χ3n) is 3.56. The SMILES string of the molecule is C1=C[C@H]2C(c3ccc4ccccc4c3)O[C@H]2O1. The summed E-state index contributed by atoms with van der Waals surface area (Å²) in [5.74, 6) is 0.385. The number of ether oxygens (including phenoxy) is 2. The van der Waals surface area contributed by atoms with Crippen LogP contribution in [-0.4, -0.2) is 6.29 Å². The van der Waals surface area contributed by atoms with E-state index in [9.17, 15) is 0 Å². The maximum atomic E-state index is 5.71. The van der Waals surface area contributed by atoms with Crippen molar-refractivity contribution in [3.8, 4) is 0 Å².